The zero-order chi connectivity index (χ0) is 16.8. The van der Waals surface area contributed by atoms with Crippen molar-refractivity contribution in [2.45, 2.75) is 52.0 Å². The number of benzene rings is 2. The largest absolute Gasteiger partial charge is 0.302 e. The highest BCUT2D eigenvalue weighted by atomic mass is 16.2. The number of amides is 1. The van der Waals surface area contributed by atoms with Gasteiger partial charge in [-0.15, -0.1) is 0 Å². The predicted molar refractivity (Wildman–Crippen MR) is 95.8 cm³/mol. The van der Waals surface area contributed by atoms with Gasteiger partial charge in [0.05, 0.1) is 5.54 Å². The molecule has 0 bridgehead atoms. The summed E-state index contributed by atoms with van der Waals surface area (Å²) in [4.78, 5) is 14.5. The lowest BCUT2D eigenvalue weighted by molar-refractivity contribution is -0.118. The van der Waals surface area contributed by atoms with Gasteiger partial charge in [-0.05, 0) is 42.9 Å². The van der Waals surface area contributed by atoms with Gasteiger partial charge in [-0.2, -0.15) is 0 Å². The van der Waals surface area contributed by atoms with Crippen molar-refractivity contribution in [1.29, 1.82) is 0 Å². The first-order valence-corrected chi connectivity index (χ1v) is 8.23. The fraction of sp³-hybridized carbons (Fsp3) is 0.381. The number of carbonyl (C=O) groups is 1. The second-order valence-electron chi connectivity index (χ2n) is 7.57. The second kappa shape index (κ2) is 5.23. The lowest BCUT2D eigenvalue weighted by atomic mass is 9.67. The molecule has 1 heterocycles. The standard InChI is InChI=1S/C21H25NO/c1-15-10-12-17(13-11-15)21(5)14-20(3,4)18-8-6-7-9-19(18)22(21)16(2)23/h6-13H,14H2,1-5H3. The van der Waals surface area contributed by atoms with E-state index in [4.69, 9.17) is 0 Å². The zero-order valence-corrected chi connectivity index (χ0v) is 14.7. The average Bonchev–Trinajstić information content (AvgIpc) is 2.46. The van der Waals surface area contributed by atoms with Crippen LogP contribution < -0.4 is 4.90 Å². The Labute approximate surface area is 139 Å². The summed E-state index contributed by atoms with van der Waals surface area (Å²) in [6, 6.07) is 16.9. The highest BCUT2D eigenvalue weighted by molar-refractivity contribution is 5.95. The van der Waals surface area contributed by atoms with Crippen LogP contribution in [0.1, 0.15) is 50.8 Å². The Morgan fingerprint density at radius 1 is 1.00 bits per heavy atom. The number of para-hydroxylation sites is 1. The number of anilines is 1. The number of aryl methyl sites for hydroxylation is 1. The summed E-state index contributed by atoms with van der Waals surface area (Å²) < 4.78 is 0. The normalized spacial score (nSPS) is 22.6. The Balaban J connectivity index is 2.24. The van der Waals surface area contributed by atoms with Crippen LogP contribution in [0.25, 0.3) is 0 Å². The average molecular weight is 307 g/mol. The summed E-state index contributed by atoms with van der Waals surface area (Å²) in [5, 5.41) is 0. The molecule has 1 aliphatic rings. The molecule has 2 aromatic rings. The first-order valence-electron chi connectivity index (χ1n) is 8.23. The Morgan fingerprint density at radius 3 is 2.22 bits per heavy atom. The number of rotatable bonds is 1. The minimum atomic E-state index is -0.336. The van der Waals surface area contributed by atoms with Crippen molar-refractivity contribution >= 4 is 11.6 Å². The number of hydrogen-bond acceptors (Lipinski definition) is 1. The maximum atomic E-state index is 12.6. The first-order chi connectivity index (χ1) is 10.8. The van der Waals surface area contributed by atoms with Gasteiger partial charge >= 0.3 is 0 Å². The van der Waals surface area contributed by atoms with E-state index in [1.165, 1.54) is 16.7 Å². The zero-order valence-electron chi connectivity index (χ0n) is 14.7. The molecule has 1 unspecified atom stereocenters. The molecule has 0 radical (unpaired) electrons. The summed E-state index contributed by atoms with van der Waals surface area (Å²) in [7, 11) is 0. The molecule has 1 amide bonds. The Morgan fingerprint density at radius 2 is 1.61 bits per heavy atom. The highest BCUT2D eigenvalue weighted by Gasteiger charge is 2.47. The first kappa shape index (κ1) is 15.8. The molecule has 2 nitrogen and oxygen atoms in total. The van der Waals surface area contributed by atoms with Gasteiger partial charge in [-0.25, -0.2) is 0 Å². The number of hydrogen-bond donors (Lipinski definition) is 0. The molecular formula is C21H25NO. The SMILES string of the molecule is CC(=O)N1c2ccccc2C(C)(C)CC1(C)c1ccc(C)cc1. The van der Waals surface area contributed by atoms with Gasteiger partial charge in [0.15, 0.2) is 0 Å². The van der Waals surface area contributed by atoms with Crippen LogP contribution in [0.4, 0.5) is 5.69 Å². The third-order valence-corrected chi connectivity index (χ3v) is 5.14. The van der Waals surface area contributed by atoms with E-state index in [-0.39, 0.29) is 16.9 Å². The van der Waals surface area contributed by atoms with Crippen molar-refractivity contribution in [1.82, 2.24) is 0 Å². The monoisotopic (exact) mass is 307 g/mol. The number of carbonyl (C=O) groups excluding carboxylic acids is 1. The number of fused-ring (bicyclic) bond motifs is 1. The molecular weight excluding hydrogens is 282 g/mol. The summed E-state index contributed by atoms with van der Waals surface area (Å²) in [6.07, 6.45) is 0.902. The molecule has 1 aliphatic heterocycles. The van der Waals surface area contributed by atoms with E-state index < -0.39 is 0 Å². The van der Waals surface area contributed by atoms with E-state index in [2.05, 4.69) is 70.2 Å². The lowest BCUT2D eigenvalue weighted by Crippen LogP contribution is -2.54. The van der Waals surface area contributed by atoms with Crippen molar-refractivity contribution in [3.8, 4) is 0 Å². The van der Waals surface area contributed by atoms with Crippen LogP contribution in [0.2, 0.25) is 0 Å². The highest BCUT2D eigenvalue weighted by Crippen LogP contribution is 2.51. The molecule has 0 aliphatic carbocycles. The molecule has 0 saturated carbocycles. The predicted octanol–water partition coefficient (Wildman–Crippen LogP) is 4.94. The van der Waals surface area contributed by atoms with Crippen LogP contribution in [0, 0.1) is 6.92 Å². The van der Waals surface area contributed by atoms with E-state index >= 15 is 0 Å². The minimum absolute atomic E-state index is 0.0161. The lowest BCUT2D eigenvalue weighted by Gasteiger charge is -2.51. The van der Waals surface area contributed by atoms with E-state index in [0.29, 0.717) is 0 Å². The van der Waals surface area contributed by atoms with E-state index in [1.807, 2.05) is 11.0 Å². The summed E-state index contributed by atoms with van der Waals surface area (Å²) in [6.45, 7) is 10.5. The van der Waals surface area contributed by atoms with Crippen LogP contribution in [0.15, 0.2) is 48.5 Å². The van der Waals surface area contributed by atoms with Gasteiger partial charge in [0.25, 0.3) is 0 Å². The maximum Gasteiger partial charge on any atom is 0.224 e. The second-order valence-corrected chi connectivity index (χ2v) is 7.57. The fourth-order valence-corrected chi connectivity index (χ4v) is 4.20. The molecule has 3 rings (SSSR count). The third kappa shape index (κ3) is 2.46. The molecule has 23 heavy (non-hydrogen) atoms. The summed E-state index contributed by atoms with van der Waals surface area (Å²) in [5.41, 5.74) is 4.40. The smallest absolute Gasteiger partial charge is 0.224 e. The molecule has 2 aromatic carbocycles. The van der Waals surface area contributed by atoms with Crippen LogP contribution in [0.3, 0.4) is 0 Å². The molecule has 120 valence electrons. The van der Waals surface area contributed by atoms with Crippen molar-refractivity contribution < 1.29 is 4.79 Å². The van der Waals surface area contributed by atoms with E-state index in [1.54, 1.807) is 6.92 Å². The van der Waals surface area contributed by atoms with Gasteiger partial charge in [0.2, 0.25) is 5.91 Å². The molecule has 2 heteroatoms. The van der Waals surface area contributed by atoms with Gasteiger partial charge in [0, 0.05) is 12.6 Å². The Kier molecular flexibility index (Phi) is 3.59. The van der Waals surface area contributed by atoms with E-state index in [9.17, 15) is 4.79 Å². The minimum Gasteiger partial charge on any atom is -0.302 e. The summed E-state index contributed by atoms with van der Waals surface area (Å²) >= 11 is 0. The Bertz CT molecular complexity index is 745. The van der Waals surface area contributed by atoms with Gasteiger partial charge in [0.1, 0.15) is 0 Å². The van der Waals surface area contributed by atoms with E-state index in [0.717, 1.165) is 12.1 Å². The van der Waals surface area contributed by atoms with Crippen molar-refractivity contribution in [2.75, 3.05) is 4.90 Å². The van der Waals surface area contributed by atoms with Crippen LogP contribution in [-0.4, -0.2) is 5.91 Å². The maximum absolute atomic E-state index is 12.6. The molecule has 1 atom stereocenters. The number of nitrogens with zero attached hydrogens (tertiary/aromatic N) is 1. The molecule has 0 saturated heterocycles. The van der Waals surface area contributed by atoms with Crippen molar-refractivity contribution in [3.05, 3.63) is 65.2 Å². The topological polar surface area (TPSA) is 20.3 Å². The van der Waals surface area contributed by atoms with Crippen LogP contribution in [-0.2, 0) is 15.7 Å². The summed E-state index contributed by atoms with van der Waals surface area (Å²) in [5.74, 6) is 0.0935. The van der Waals surface area contributed by atoms with Crippen LogP contribution in [0.5, 0.6) is 0 Å². The van der Waals surface area contributed by atoms with Gasteiger partial charge in [-0.3, -0.25) is 4.79 Å². The van der Waals surface area contributed by atoms with Gasteiger partial charge in [-0.1, -0.05) is 61.9 Å². The fourth-order valence-electron chi connectivity index (χ4n) is 4.20. The molecule has 0 aromatic heterocycles. The quantitative estimate of drug-likeness (QED) is 0.730. The van der Waals surface area contributed by atoms with Crippen LogP contribution >= 0.6 is 0 Å². The molecule has 0 N–H and O–H groups in total. The van der Waals surface area contributed by atoms with Crippen molar-refractivity contribution in [2.24, 2.45) is 0 Å². The Hall–Kier alpha value is -2.09. The van der Waals surface area contributed by atoms with Crippen molar-refractivity contribution in [3.63, 3.8) is 0 Å². The van der Waals surface area contributed by atoms with Gasteiger partial charge < -0.3 is 4.90 Å². The molecule has 0 fully saturated rings. The third-order valence-electron chi connectivity index (χ3n) is 5.14. The molecule has 0 spiro atoms.